The summed E-state index contributed by atoms with van der Waals surface area (Å²) < 4.78 is 19.0. The van der Waals surface area contributed by atoms with Crippen molar-refractivity contribution >= 4 is 29.1 Å². The maximum atomic E-state index is 13.8. The lowest BCUT2D eigenvalue weighted by Gasteiger charge is -2.40. The van der Waals surface area contributed by atoms with Gasteiger partial charge >= 0.3 is 0 Å². The van der Waals surface area contributed by atoms with E-state index in [4.69, 9.17) is 16.3 Å². The SMILES string of the molecule is C=CC1=CC[C@H]2C(=O)N(c3ccc(F)c(Cl)c3)C(=O)[C@@]2(C)[C@H]1c1cc(OC)ccc1O. The maximum absolute atomic E-state index is 13.8. The molecule has 2 aromatic carbocycles. The minimum atomic E-state index is -1.19. The van der Waals surface area contributed by atoms with Crippen molar-refractivity contribution in [1.29, 1.82) is 0 Å². The fourth-order valence-electron chi connectivity index (χ4n) is 4.75. The van der Waals surface area contributed by atoms with Gasteiger partial charge in [-0.25, -0.2) is 9.29 Å². The number of fused-ring (bicyclic) bond motifs is 1. The van der Waals surface area contributed by atoms with E-state index in [9.17, 15) is 19.1 Å². The number of allylic oxidation sites excluding steroid dienone is 3. The highest BCUT2D eigenvalue weighted by Gasteiger charge is 2.62. The zero-order valence-electron chi connectivity index (χ0n) is 17.1. The molecule has 3 atom stereocenters. The quantitative estimate of drug-likeness (QED) is 0.679. The summed E-state index contributed by atoms with van der Waals surface area (Å²) in [5.74, 6) is -2.25. The molecule has 2 aliphatic rings. The molecule has 7 heteroatoms. The van der Waals surface area contributed by atoms with E-state index in [1.165, 1.54) is 25.3 Å². The molecule has 5 nitrogen and oxygen atoms in total. The van der Waals surface area contributed by atoms with Gasteiger partial charge in [0.1, 0.15) is 17.3 Å². The van der Waals surface area contributed by atoms with Crippen molar-refractivity contribution in [3.63, 3.8) is 0 Å². The molecule has 1 aliphatic heterocycles. The predicted molar refractivity (Wildman–Crippen MR) is 116 cm³/mol. The second-order valence-corrected chi connectivity index (χ2v) is 8.32. The van der Waals surface area contributed by atoms with Crippen LogP contribution in [0.4, 0.5) is 10.1 Å². The Hall–Kier alpha value is -3.12. The number of phenolic OH excluding ortho intramolecular Hbond substituents is 1. The number of halogens is 2. The van der Waals surface area contributed by atoms with E-state index < -0.39 is 29.0 Å². The van der Waals surface area contributed by atoms with Gasteiger partial charge in [-0.15, -0.1) is 0 Å². The number of phenols is 1. The van der Waals surface area contributed by atoms with Gasteiger partial charge < -0.3 is 9.84 Å². The van der Waals surface area contributed by atoms with E-state index in [1.54, 1.807) is 25.1 Å². The summed E-state index contributed by atoms with van der Waals surface area (Å²) in [5, 5.41) is 10.5. The molecule has 0 aromatic heterocycles. The molecule has 1 heterocycles. The highest BCUT2D eigenvalue weighted by atomic mass is 35.5. The number of methoxy groups -OCH3 is 1. The Morgan fingerprint density at radius 1 is 1.29 bits per heavy atom. The lowest BCUT2D eigenvalue weighted by molar-refractivity contribution is -0.127. The molecule has 1 saturated heterocycles. The van der Waals surface area contributed by atoms with Crippen LogP contribution in [0.5, 0.6) is 11.5 Å². The normalized spacial score (nSPS) is 25.3. The molecule has 0 radical (unpaired) electrons. The van der Waals surface area contributed by atoms with Crippen LogP contribution in [0.25, 0.3) is 0 Å². The first-order valence-electron chi connectivity index (χ1n) is 9.76. The third-order valence-corrected chi connectivity index (χ3v) is 6.66. The van der Waals surface area contributed by atoms with Crippen molar-refractivity contribution in [1.82, 2.24) is 0 Å². The van der Waals surface area contributed by atoms with Crippen LogP contribution < -0.4 is 9.64 Å². The van der Waals surface area contributed by atoms with Crippen LogP contribution in [0, 0.1) is 17.2 Å². The van der Waals surface area contributed by atoms with Gasteiger partial charge in [-0.1, -0.05) is 30.3 Å². The molecule has 1 aliphatic carbocycles. The summed E-state index contributed by atoms with van der Waals surface area (Å²) in [6.07, 6.45) is 3.85. The molecule has 0 saturated carbocycles. The molecule has 160 valence electrons. The summed E-state index contributed by atoms with van der Waals surface area (Å²) in [7, 11) is 1.51. The van der Waals surface area contributed by atoms with E-state index in [-0.39, 0.29) is 22.4 Å². The Bertz CT molecular complexity index is 1140. The first-order valence-corrected chi connectivity index (χ1v) is 10.1. The zero-order chi connectivity index (χ0) is 22.5. The van der Waals surface area contributed by atoms with Crippen LogP contribution in [0.2, 0.25) is 5.02 Å². The van der Waals surface area contributed by atoms with E-state index in [2.05, 4.69) is 6.58 Å². The lowest BCUT2D eigenvalue weighted by Crippen LogP contribution is -2.41. The Balaban J connectivity index is 1.89. The van der Waals surface area contributed by atoms with Crippen molar-refractivity contribution in [2.24, 2.45) is 11.3 Å². The molecule has 31 heavy (non-hydrogen) atoms. The number of hydrogen-bond donors (Lipinski definition) is 1. The topological polar surface area (TPSA) is 66.8 Å². The monoisotopic (exact) mass is 441 g/mol. The van der Waals surface area contributed by atoms with Crippen molar-refractivity contribution < 1.29 is 23.8 Å². The van der Waals surface area contributed by atoms with E-state index in [1.807, 2.05) is 6.08 Å². The number of carbonyl (C=O) groups is 2. The number of hydrogen-bond acceptors (Lipinski definition) is 4. The van der Waals surface area contributed by atoms with E-state index in [0.717, 1.165) is 16.5 Å². The summed E-state index contributed by atoms with van der Waals surface area (Å²) >= 11 is 5.90. The van der Waals surface area contributed by atoms with Crippen LogP contribution in [-0.2, 0) is 9.59 Å². The minimum absolute atomic E-state index is 0.0102. The smallest absolute Gasteiger partial charge is 0.241 e. The number of ether oxygens (including phenoxy) is 1. The number of rotatable bonds is 4. The number of amides is 2. The minimum Gasteiger partial charge on any atom is -0.508 e. The number of nitrogens with zero attached hydrogens (tertiary/aromatic N) is 1. The highest BCUT2D eigenvalue weighted by Crippen LogP contribution is 2.58. The average molecular weight is 442 g/mol. The van der Waals surface area contributed by atoms with E-state index >= 15 is 0 Å². The molecule has 0 bridgehead atoms. The molecular formula is C24H21ClFNO4. The first kappa shape index (κ1) is 21.1. The van der Waals surface area contributed by atoms with Crippen LogP contribution in [0.1, 0.15) is 24.8 Å². The first-order chi connectivity index (χ1) is 14.7. The van der Waals surface area contributed by atoms with Crippen molar-refractivity contribution in [3.05, 3.63) is 77.1 Å². The third kappa shape index (κ3) is 3.05. The van der Waals surface area contributed by atoms with Crippen molar-refractivity contribution in [2.45, 2.75) is 19.3 Å². The van der Waals surface area contributed by atoms with Gasteiger partial charge in [-0.2, -0.15) is 0 Å². The summed E-state index contributed by atoms with van der Waals surface area (Å²) in [6, 6.07) is 8.54. The lowest BCUT2D eigenvalue weighted by atomic mass is 9.60. The Labute approximate surface area is 184 Å². The zero-order valence-corrected chi connectivity index (χ0v) is 17.8. The van der Waals surface area contributed by atoms with Gasteiger partial charge in [0.05, 0.1) is 29.2 Å². The fraction of sp³-hybridized carbons (Fsp3) is 0.250. The largest absolute Gasteiger partial charge is 0.508 e. The standard InChI is InChI=1S/C24H21ClFNO4/c1-4-13-5-8-17-22(29)27(14-6-9-19(26)18(25)11-14)23(30)24(17,2)21(13)16-12-15(31-3)7-10-20(16)28/h4-7,9-12,17,21,28H,1,8H2,2-3H3/t17-,21+,24+/m0/s1. The summed E-state index contributed by atoms with van der Waals surface area (Å²) in [4.78, 5) is 28.2. The number of benzene rings is 2. The van der Waals surface area contributed by atoms with Gasteiger partial charge in [-0.05, 0) is 55.3 Å². The molecular weight excluding hydrogens is 421 g/mol. The molecule has 2 aromatic rings. The van der Waals surface area contributed by atoms with E-state index in [0.29, 0.717) is 17.7 Å². The predicted octanol–water partition coefficient (Wildman–Crippen LogP) is 4.99. The van der Waals surface area contributed by atoms with Crippen molar-refractivity contribution in [3.8, 4) is 11.5 Å². The second-order valence-electron chi connectivity index (χ2n) is 7.91. The maximum Gasteiger partial charge on any atom is 0.241 e. The average Bonchev–Trinajstić information content (AvgIpc) is 2.95. The van der Waals surface area contributed by atoms with Crippen LogP contribution in [-0.4, -0.2) is 24.0 Å². The Morgan fingerprint density at radius 3 is 2.68 bits per heavy atom. The molecule has 2 amide bonds. The molecule has 1 fully saturated rings. The number of aromatic hydroxyl groups is 1. The van der Waals surface area contributed by atoms with Crippen molar-refractivity contribution in [2.75, 3.05) is 12.0 Å². The summed E-state index contributed by atoms with van der Waals surface area (Å²) in [6.45, 7) is 5.60. The third-order valence-electron chi connectivity index (χ3n) is 6.37. The fourth-order valence-corrected chi connectivity index (χ4v) is 4.93. The molecule has 0 spiro atoms. The molecule has 4 rings (SSSR count). The van der Waals surface area contributed by atoms with Crippen LogP contribution in [0.15, 0.2) is 60.7 Å². The number of carbonyl (C=O) groups excluding carboxylic acids is 2. The van der Waals surface area contributed by atoms with Gasteiger partial charge in [0.2, 0.25) is 11.8 Å². The number of anilines is 1. The number of imide groups is 1. The van der Waals surface area contributed by atoms with Crippen LogP contribution in [0.3, 0.4) is 0 Å². The van der Waals surface area contributed by atoms with Gasteiger partial charge in [0, 0.05) is 11.5 Å². The Morgan fingerprint density at radius 2 is 2.03 bits per heavy atom. The van der Waals surface area contributed by atoms with Crippen LogP contribution >= 0.6 is 11.6 Å². The second kappa shape index (κ2) is 7.54. The molecule has 0 unspecified atom stereocenters. The van der Waals surface area contributed by atoms with Gasteiger partial charge in [-0.3, -0.25) is 9.59 Å². The van der Waals surface area contributed by atoms with Gasteiger partial charge in [0.15, 0.2) is 0 Å². The summed E-state index contributed by atoms with van der Waals surface area (Å²) in [5.41, 5.74) is 0.228. The van der Waals surface area contributed by atoms with Gasteiger partial charge in [0.25, 0.3) is 0 Å². The highest BCUT2D eigenvalue weighted by molar-refractivity contribution is 6.31. The molecule has 1 N–H and O–H groups in total. The Kier molecular flexibility index (Phi) is 5.13.